The van der Waals surface area contributed by atoms with Gasteiger partial charge in [-0.2, -0.15) is 0 Å². The molecule has 7 heteroatoms. The van der Waals surface area contributed by atoms with Crippen LogP contribution in [0.25, 0.3) is 0 Å². The van der Waals surface area contributed by atoms with Gasteiger partial charge in [-0.15, -0.1) is 0 Å². The minimum absolute atomic E-state index is 0. The molecule has 3 fully saturated rings. The van der Waals surface area contributed by atoms with Crippen LogP contribution in [-0.4, -0.2) is 40.7 Å². The van der Waals surface area contributed by atoms with Gasteiger partial charge in [0.15, 0.2) is 6.17 Å². The number of carbonyl (C=O) groups is 1. The standard InChI is InChI=1S/C24H37FO5.Na/c1-3-4-5-14(2)10-17(26)8-9-18-19(27)13-20-22(18)23(25)21(30-20)12-15-6-7-16(11-15)24(28)29;/h8-9,12,14-20,22-23,26-27H,3-7,10-11,13H2,1-2H3,(H,28,29);/q;+1/p-1/b9-8+,21-12-;/t14-,15-,16-,17+,18-,19+,20-,22+,23-;/m0./s1. The topological polar surface area (TPSA) is 89.8 Å². The number of hydrogen-bond donors (Lipinski definition) is 2. The molecule has 0 unspecified atom stereocenters. The van der Waals surface area contributed by atoms with Crippen molar-refractivity contribution in [1.29, 1.82) is 0 Å². The molecule has 1 saturated heterocycles. The molecule has 0 aromatic heterocycles. The number of ether oxygens (including phenoxy) is 1. The van der Waals surface area contributed by atoms with Crippen LogP contribution in [0, 0.1) is 29.6 Å². The van der Waals surface area contributed by atoms with E-state index in [-0.39, 0.29) is 47.3 Å². The summed E-state index contributed by atoms with van der Waals surface area (Å²) in [5.74, 6) is -1.67. The fourth-order valence-electron chi connectivity index (χ4n) is 5.42. The van der Waals surface area contributed by atoms with Crippen molar-refractivity contribution >= 4 is 5.97 Å². The number of alkyl halides is 1. The van der Waals surface area contributed by atoms with Gasteiger partial charge < -0.3 is 24.9 Å². The van der Waals surface area contributed by atoms with Crippen LogP contribution < -0.4 is 34.7 Å². The number of fused-ring (bicyclic) bond motifs is 1. The van der Waals surface area contributed by atoms with Crippen LogP contribution in [0.3, 0.4) is 0 Å². The number of aliphatic carboxylic acids is 1. The van der Waals surface area contributed by atoms with Crippen LogP contribution in [0.5, 0.6) is 0 Å². The molecule has 2 N–H and O–H groups in total. The molecule has 0 spiro atoms. The van der Waals surface area contributed by atoms with Gasteiger partial charge in [-0.25, -0.2) is 4.39 Å². The average Bonchev–Trinajstić information content (AvgIpc) is 3.35. The SMILES string of the molecule is CCCC[C@H](C)C[C@H](O)/C=C/[C@@H]1[C@@H]2[C@H](C[C@H]1O)O/C(=C\[C@H]1CC[C@H](C(=O)[O-])C1)[C@@H]2F.[Na+]. The first-order valence-electron chi connectivity index (χ1n) is 11.6. The first kappa shape index (κ1) is 26.8. The van der Waals surface area contributed by atoms with Crippen molar-refractivity contribution in [1.82, 2.24) is 0 Å². The zero-order valence-electron chi connectivity index (χ0n) is 19.1. The Bertz CT molecular complexity index is 654. The summed E-state index contributed by atoms with van der Waals surface area (Å²) < 4.78 is 21.1. The number of rotatable bonds is 9. The van der Waals surface area contributed by atoms with Crippen molar-refractivity contribution in [3.05, 3.63) is 24.0 Å². The van der Waals surface area contributed by atoms with Crippen LogP contribution in [0.2, 0.25) is 0 Å². The van der Waals surface area contributed by atoms with E-state index in [1.807, 2.05) is 0 Å². The van der Waals surface area contributed by atoms with Crippen molar-refractivity contribution in [2.24, 2.45) is 29.6 Å². The third-order valence-corrected chi connectivity index (χ3v) is 7.15. The Hall–Kier alpha value is -0.400. The molecule has 3 rings (SSSR count). The Morgan fingerprint density at radius 3 is 2.74 bits per heavy atom. The van der Waals surface area contributed by atoms with Gasteiger partial charge in [0.2, 0.25) is 0 Å². The minimum Gasteiger partial charge on any atom is -0.550 e. The van der Waals surface area contributed by atoms with Gasteiger partial charge in [0.05, 0.1) is 12.2 Å². The first-order chi connectivity index (χ1) is 14.3. The van der Waals surface area contributed by atoms with E-state index < -0.39 is 42.1 Å². The number of hydrogen-bond acceptors (Lipinski definition) is 5. The monoisotopic (exact) mass is 446 g/mol. The second kappa shape index (κ2) is 12.2. The van der Waals surface area contributed by atoms with E-state index >= 15 is 4.39 Å². The predicted octanol–water partition coefficient (Wildman–Crippen LogP) is -0.0921. The van der Waals surface area contributed by atoms with Gasteiger partial charge in [0, 0.05) is 24.2 Å². The maximum absolute atomic E-state index is 15.2. The number of aliphatic hydroxyl groups is 2. The Balaban J connectivity index is 0.00000341. The number of carbonyl (C=O) groups excluding carboxylic acids is 1. The third-order valence-electron chi connectivity index (χ3n) is 7.15. The van der Waals surface area contributed by atoms with E-state index in [2.05, 4.69) is 13.8 Å². The molecular formula is C24H36FNaO5. The number of carboxylic acid groups (broad SMARTS) is 1. The third kappa shape index (κ3) is 6.80. The molecule has 170 valence electrons. The zero-order chi connectivity index (χ0) is 21.8. The molecule has 0 radical (unpaired) electrons. The minimum atomic E-state index is -1.32. The molecule has 0 aromatic carbocycles. The molecule has 0 bridgehead atoms. The zero-order valence-corrected chi connectivity index (χ0v) is 21.1. The normalized spacial score (nSPS) is 38.1. The molecule has 3 aliphatic rings. The van der Waals surface area contributed by atoms with E-state index in [1.54, 1.807) is 18.2 Å². The van der Waals surface area contributed by atoms with Gasteiger partial charge in [-0.3, -0.25) is 0 Å². The van der Waals surface area contributed by atoms with Crippen molar-refractivity contribution in [3.63, 3.8) is 0 Å². The fraction of sp³-hybridized carbons (Fsp3) is 0.792. The Morgan fingerprint density at radius 2 is 2.10 bits per heavy atom. The number of aliphatic hydroxyl groups excluding tert-OH is 2. The van der Waals surface area contributed by atoms with E-state index in [1.165, 1.54) is 0 Å². The summed E-state index contributed by atoms with van der Waals surface area (Å²) in [6.45, 7) is 4.27. The maximum atomic E-state index is 15.2. The summed E-state index contributed by atoms with van der Waals surface area (Å²) in [5.41, 5.74) is 0. The van der Waals surface area contributed by atoms with Crippen molar-refractivity contribution in [3.8, 4) is 0 Å². The van der Waals surface area contributed by atoms with Gasteiger partial charge >= 0.3 is 29.6 Å². The fourth-order valence-corrected chi connectivity index (χ4v) is 5.42. The molecule has 9 atom stereocenters. The Morgan fingerprint density at radius 1 is 1.35 bits per heavy atom. The molecule has 0 aromatic rings. The van der Waals surface area contributed by atoms with Gasteiger partial charge in [0.1, 0.15) is 11.9 Å². The molecule has 5 nitrogen and oxygen atoms in total. The number of halogens is 1. The summed E-state index contributed by atoms with van der Waals surface area (Å²) in [7, 11) is 0. The van der Waals surface area contributed by atoms with E-state index in [9.17, 15) is 20.1 Å². The number of carboxylic acids is 1. The molecule has 0 amide bonds. The van der Waals surface area contributed by atoms with Gasteiger partial charge in [0.25, 0.3) is 0 Å². The quantitative estimate of drug-likeness (QED) is 0.382. The number of allylic oxidation sites excluding steroid dienone is 2. The molecule has 2 aliphatic carbocycles. The van der Waals surface area contributed by atoms with E-state index in [0.717, 1.165) is 19.3 Å². The maximum Gasteiger partial charge on any atom is 1.00 e. The van der Waals surface area contributed by atoms with Crippen molar-refractivity contribution in [2.45, 2.75) is 89.7 Å². The van der Waals surface area contributed by atoms with Gasteiger partial charge in [-0.1, -0.05) is 45.3 Å². The largest absolute Gasteiger partial charge is 1.00 e. The second-order valence-electron chi connectivity index (χ2n) is 9.61. The Kier molecular flexibility index (Phi) is 10.5. The predicted molar refractivity (Wildman–Crippen MR) is 110 cm³/mol. The average molecular weight is 447 g/mol. The molecular weight excluding hydrogens is 410 g/mol. The Labute approximate surface area is 207 Å². The molecule has 31 heavy (non-hydrogen) atoms. The first-order valence-corrected chi connectivity index (χ1v) is 11.6. The van der Waals surface area contributed by atoms with Crippen LogP contribution in [0.1, 0.15) is 65.2 Å². The number of unbranched alkanes of at least 4 members (excludes halogenated alkanes) is 1. The van der Waals surface area contributed by atoms with Crippen LogP contribution in [0.15, 0.2) is 24.0 Å². The molecule has 1 aliphatic heterocycles. The van der Waals surface area contributed by atoms with Gasteiger partial charge in [-0.05, 0) is 49.5 Å². The molecule has 1 heterocycles. The summed E-state index contributed by atoms with van der Waals surface area (Å²) in [6.07, 6.45) is 8.35. The van der Waals surface area contributed by atoms with Crippen molar-refractivity contribution < 1.29 is 58.8 Å². The van der Waals surface area contributed by atoms with E-state index in [4.69, 9.17) is 4.74 Å². The smallest absolute Gasteiger partial charge is 0.550 e. The van der Waals surface area contributed by atoms with Crippen LogP contribution in [-0.2, 0) is 9.53 Å². The summed E-state index contributed by atoms with van der Waals surface area (Å²) in [4.78, 5) is 11.0. The second-order valence-corrected chi connectivity index (χ2v) is 9.61. The van der Waals surface area contributed by atoms with Crippen LogP contribution >= 0.6 is 0 Å². The summed E-state index contributed by atoms with van der Waals surface area (Å²) in [6, 6.07) is 0. The van der Waals surface area contributed by atoms with Crippen molar-refractivity contribution in [2.75, 3.05) is 0 Å². The van der Waals surface area contributed by atoms with Crippen LogP contribution in [0.4, 0.5) is 4.39 Å². The summed E-state index contributed by atoms with van der Waals surface area (Å²) in [5, 5.41) is 31.8. The van der Waals surface area contributed by atoms with E-state index in [0.29, 0.717) is 38.0 Å². The summed E-state index contributed by atoms with van der Waals surface area (Å²) >= 11 is 0. The molecule has 2 saturated carbocycles.